The zero-order valence-electron chi connectivity index (χ0n) is 14.1. The van der Waals surface area contributed by atoms with E-state index in [9.17, 15) is 14.4 Å². The van der Waals surface area contributed by atoms with Gasteiger partial charge in [0.1, 0.15) is 0 Å². The number of carbonyl (C=O) groups is 3. The average molecular weight is 311 g/mol. The lowest BCUT2D eigenvalue weighted by molar-refractivity contribution is -0.145. The van der Waals surface area contributed by atoms with Crippen molar-refractivity contribution in [3.63, 3.8) is 0 Å². The van der Waals surface area contributed by atoms with E-state index in [1.807, 2.05) is 32.6 Å². The summed E-state index contributed by atoms with van der Waals surface area (Å²) in [7, 11) is 0. The van der Waals surface area contributed by atoms with Gasteiger partial charge in [0, 0.05) is 31.5 Å². The third-order valence-corrected chi connectivity index (χ3v) is 4.74. The number of nitrogens with zero attached hydrogens (tertiary/aromatic N) is 1. The number of nitrogens with two attached hydrogens (primary N) is 1. The summed E-state index contributed by atoms with van der Waals surface area (Å²) in [4.78, 5) is 37.3. The number of likely N-dealkylation sites (tertiary alicyclic amines) is 1. The van der Waals surface area contributed by atoms with Crippen molar-refractivity contribution in [2.45, 2.75) is 47.0 Å². The fourth-order valence-electron chi connectivity index (χ4n) is 2.48. The molecule has 1 saturated heterocycles. The van der Waals surface area contributed by atoms with Gasteiger partial charge in [-0.25, -0.2) is 0 Å². The molecule has 6 nitrogen and oxygen atoms in total. The molecule has 0 spiro atoms. The highest BCUT2D eigenvalue weighted by molar-refractivity contribution is 5.84. The molecule has 3 amide bonds. The van der Waals surface area contributed by atoms with Gasteiger partial charge in [0.2, 0.25) is 17.7 Å². The first kappa shape index (κ1) is 18.5. The number of hydrogen-bond acceptors (Lipinski definition) is 3. The molecular formula is C16H29N3O3. The minimum Gasteiger partial charge on any atom is -0.370 e. The quantitative estimate of drug-likeness (QED) is 0.763. The molecule has 6 heteroatoms. The molecular weight excluding hydrogens is 282 g/mol. The summed E-state index contributed by atoms with van der Waals surface area (Å²) in [6.45, 7) is 9.41. The van der Waals surface area contributed by atoms with E-state index in [2.05, 4.69) is 5.32 Å². The van der Waals surface area contributed by atoms with Gasteiger partial charge in [-0.15, -0.1) is 0 Å². The normalized spacial score (nSPS) is 19.1. The van der Waals surface area contributed by atoms with Crippen LogP contribution in [0.5, 0.6) is 0 Å². The molecule has 1 aliphatic rings. The summed E-state index contributed by atoms with van der Waals surface area (Å²) >= 11 is 0. The first-order valence-corrected chi connectivity index (χ1v) is 8.01. The van der Waals surface area contributed by atoms with Crippen molar-refractivity contribution in [3.05, 3.63) is 0 Å². The van der Waals surface area contributed by atoms with E-state index in [-0.39, 0.29) is 36.6 Å². The van der Waals surface area contributed by atoms with E-state index in [1.165, 1.54) is 0 Å². The number of hydrogen-bond donors (Lipinski definition) is 2. The van der Waals surface area contributed by atoms with E-state index < -0.39 is 11.3 Å². The fourth-order valence-corrected chi connectivity index (χ4v) is 2.48. The van der Waals surface area contributed by atoms with Crippen LogP contribution < -0.4 is 11.1 Å². The summed E-state index contributed by atoms with van der Waals surface area (Å²) in [5.74, 6) is -0.379. The maximum absolute atomic E-state index is 12.7. The Morgan fingerprint density at radius 2 is 1.95 bits per heavy atom. The Balaban J connectivity index is 2.59. The van der Waals surface area contributed by atoms with Crippen LogP contribution in [0.3, 0.4) is 0 Å². The second kappa shape index (κ2) is 7.61. The maximum atomic E-state index is 12.7. The predicted molar refractivity (Wildman–Crippen MR) is 84.7 cm³/mol. The Kier molecular flexibility index (Phi) is 6.38. The molecule has 0 bridgehead atoms. The molecule has 0 aliphatic carbocycles. The van der Waals surface area contributed by atoms with Crippen molar-refractivity contribution in [2.75, 3.05) is 19.6 Å². The fraction of sp³-hybridized carbons (Fsp3) is 0.812. The molecule has 1 heterocycles. The van der Waals surface area contributed by atoms with E-state index in [1.54, 1.807) is 0 Å². The van der Waals surface area contributed by atoms with Crippen molar-refractivity contribution in [1.82, 2.24) is 10.2 Å². The molecule has 126 valence electrons. The van der Waals surface area contributed by atoms with Crippen LogP contribution in [0.15, 0.2) is 0 Å². The number of amides is 3. The Bertz CT molecular complexity index is 432. The zero-order chi connectivity index (χ0) is 16.9. The smallest absolute Gasteiger partial charge is 0.228 e. The van der Waals surface area contributed by atoms with E-state index in [0.717, 1.165) is 12.8 Å². The summed E-state index contributed by atoms with van der Waals surface area (Å²) in [6.07, 6.45) is 1.74. The highest BCUT2D eigenvalue weighted by atomic mass is 16.2. The van der Waals surface area contributed by atoms with Crippen molar-refractivity contribution >= 4 is 17.7 Å². The summed E-state index contributed by atoms with van der Waals surface area (Å²) < 4.78 is 0. The Morgan fingerprint density at radius 3 is 2.50 bits per heavy atom. The molecule has 0 aromatic carbocycles. The number of rotatable bonds is 6. The molecule has 0 saturated carbocycles. The molecule has 1 fully saturated rings. The van der Waals surface area contributed by atoms with Crippen molar-refractivity contribution in [3.8, 4) is 0 Å². The number of nitrogens with one attached hydrogen (secondary N) is 1. The number of primary amides is 1. The van der Waals surface area contributed by atoms with Crippen LogP contribution in [0, 0.1) is 17.3 Å². The van der Waals surface area contributed by atoms with Crippen LogP contribution in [0.4, 0.5) is 0 Å². The monoisotopic (exact) mass is 311 g/mol. The first-order chi connectivity index (χ1) is 10.2. The van der Waals surface area contributed by atoms with Crippen LogP contribution in [-0.2, 0) is 14.4 Å². The SMILES string of the molecule is CC(C)C(C)(C)C(=O)N1CCCC(C(=O)NCCC(N)=O)C1. The van der Waals surface area contributed by atoms with Crippen LogP contribution in [-0.4, -0.2) is 42.3 Å². The molecule has 0 aromatic rings. The summed E-state index contributed by atoms with van der Waals surface area (Å²) in [5, 5.41) is 2.73. The summed E-state index contributed by atoms with van der Waals surface area (Å²) in [5.41, 5.74) is 4.63. The Labute approximate surface area is 132 Å². The highest BCUT2D eigenvalue weighted by Crippen LogP contribution is 2.30. The van der Waals surface area contributed by atoms with Crippen molar-refractivity contribution < 1.29 is 14.4 Å². The molecule has 1 aliphatic heterocycles. The van der Waals surface area contributed by atoms with Crippen LogP contribution in [0.1, 0.15) is 47.0 Å². The highest BCUT2D eigenvalue weighted by Gasteiger charge is 2.37. The third-order valence-electron chi connectivity index (χ3n) is 4.74. The lowest BCUT2D eigenvalue weighted by Crippen LogP contribution is -2.50. The van der Waals surface area contributed by atoms with Crippen LogP contribution in [0.25, 0.3) is 0 Å². The average Bonchev–Trinajstić information content (AvgIpc) is 2.45. The number of piperidine rings is 1. The molecule has 1 unspecified atom stereocenters. The minimum absolute atomic E-state index is 0.0962. The molecule has 22 heavy (non-hydrogen) atoms. The Morgan fingerprint density at radius 1 is 1.32 bits per heavy atom. The second-order valence-electron chi connectivity index (χ2n) is 6.97. The summed E-state index contributed by atoms with van der Waals surface area (Å²) in [6, 6.07) is 0. The van der Waals surface area contributed by atoms with Crippen molar-refractivity contribution in [2.24, 2.45) is 23.0 Å². The van der Waals surface area contributed by atoms with Gasteiger partial charge in [-0.1, -0.05) is 27.7 Å². The predicted octanol–water partition coefficient (Wildman–Crippen LogP) is 0.899. The van der Waals surface area contributed by atoms with E-state index in [4.69, 9.17) is 5.73 Å². The molecule has 0 aromatic heterocycles. The van der Waals surface area contributed by atoms with Crippen LogP contribution >= 0.6 is 0 Å². The minimum atomic E-state index is -0.431. The second-order valence-corrected chi connectivity index (χ2v) is 6.97. The lowest BCUT2D eigenvalue weighted by atomic mass is 9.79. The lowest BCUT2D eigenvalue weighted by Gasteiger charge is -2.38. The van der Waals surface area contributed by atoms with Gasteiger partial charge in [-0.3, -0.25) is 14.4 Å². The molecule has 1 atom stereocenters. The van der Waals surface area contributed by atoms with Gasteiger partial charge >= 0.3 is 0 Å². The van der Waals surface area contributed by atoms with Gasteiger partial charge in [-0.05, 0) is 18.8 Å². The topological polar surface area (TPSA) is 92.5 Å². The van der Waals surface area contributed by atoms with E-state index in [0.29, 0.717) is 13.1 Å². The van der Waals surface area contributed by atoms with Crippen LogP contribution in [0.2, 0.25) is 0 Å². The Hall–Kier alpha value is -1.59. The largest absolute Gasteiger partial charge is 0.370 e. The first-order valence-electron chi connectivity index (χ1n) is 8.01. The molecule has 1 rings (SSSR count). The zero-order valence-corrected chi connectivity index (χ0v) is 14.1. The molecule has 0 radical (unpaired) electrons. The van der Waals surface area contributed by atoms with E-state index >= 15 is 0 Å². The third kappa shape index (κ3) is 4.71. The van der Waals surface area contributed by atoms with Gasteiger partial charge < -0.3 is 16.0 Å². The standard InChI is InChI=1S/C16H29N3O3/c1-11(2)16(3,4)15(22)19-9-5-6-12(10-19)14(21)18-8-7-13(17)20/h11-12H,5-10H2,1-4H3,(H2,17,20)(H,18,21). The van der Waals surface area contributed by atoms with Gasteiger partial charge in [0.15, 0.2) is 0 Å². The number of carbonyl (C=O) groups excluding carboxylic acids is 3. The van der Waals surface area contributed by atoms with Gasteiger partial charge in [0.05, 0.1) is 5.92 Å². The van der Waals surface area contributed by atoms with Gasteiger partial charge in [-0.2, -0.15) is 0 Å². The van der Waals surface area contributed by atoms with Gasteiger partial charge in [0.25, 0.3) is 0 Å². The molecule has 3 N–H and O–H groups in total. The maximum Gasteiger partial charge on any atom is 0.228 e. The van der Waals surface area contributed by atoms with Crippen molar-refractivity contribution in [1.29, 1.82) is 0 Å².